The van der Waals surface area contributed by atoms with Crippen molar-refractivity contribution in [3.05, 3.63) is 24.3 Å². The van der Waals surface area contributed by atoms with Crippen LogP contribution in [0.5, 0.6) is 0 Å². The van der Waals surface area contributed by atoms with Crippen LogP contribution in [-0.4, -0.2) is 24.1 Å². The largest absolute Gasteiger partial charge is 0.459 e. The van der Waals surface area contributed by atoms with Gasteiger partial charge in [0, 0.05) is 17.1 Å². The Morgan fingerprint density at radius 1 is 0.833 bits per heavy atom. The fourth-order valence-corrected chi connectivity index (χ4v) is 1.14. The van der Waals surface area contributed by atoms with E-state index in [-0.39, 0.29) is 18.1 Å². The molecule has 2 atom stereocenters. The Hall–Kier alpha value is -1.58. The Balaban J connectivity index is 4.41. The number of carbonyl (C=O) groups is 2. The Morgan fingerprint density at radius 3 is 1.33 bits per heavy atom. The summed E-state index contributed by atoms with van der Waals surface area (Å²) in [7, 11) is 0. The predicted octanol–water partition coefficient (Wildman–Crippen LogP) is 2.64. The van der Waals surface area contributed by atoms with Crippen molar-refractivity contribution < 1.29 is 19.1 Å². The molecule has 0 fully saturated rings. The van der Waals surface area contributed by atoms with Crippen molar-refractivity contribution in [2.75, 3.05) is 0 Å². The summed E-state index contributed by atoms with van der Waals surface area (Å²) >= 11 is 0. The monoisotopic (exact) mass is 254 g/mol. The van der Waals surface area contributed by atoms with Gasteiger partial charge in [-0.2, -0.15) is 0 Å². The Bertz CT molecular complexity index is 323. The van der Waals surface area contributed by atoms with Crippen molar-refractivity contribution in [1.29, 1.82) is 0 Å². The molecule has 2 unspecified atom stereocenters. The number of rotatable bonds is 6. The summed E-state index contributed by atoms with van der Waals surface area (Å²) in [5, 5.41) is 0. The molecule has 0 spiro atoms. The molecule has 4 heteroatoms. The molecular formula is C14H22O4. The smallest absolute Gasteiger partial charge is 0.333 e. The summed E-state index contributed by atoms with van der Waals surface area (Å²) in [4.78, 5) is 22.7. The van der Waals surface area contributed by atoms with Crippen molar-refractivity contribution >= 4 is 11.9 Å². The van der Waals surface area contributed by atoms with Crippen LogP contribution in [0.4, 0.5) is 0 Å². The highest BCUT2D eigenvalue weighted by Crippen LogP contribution is 2.17. The molecule has 0 aromatic heterocycles. The Morgan fingerprint density at radius 2 is 1.11 bits per heavy atom. The van der Waals surface area contributed by atoms with E-state index in [9.17, 15) is 9.59 Å². The summed E-state index contributed by atoms with van der Waals surface area (Å²) in [6.45, 7) is 15.6. The zero-order chi connectivity index (χ0) is 14.5. The van der Waals surface area contributed by atoms with Crippen LogP contribution in [0.15, 0.2) is 24.3 Å². The lowest BCUT2D eigenvalue weighted by atomic mass is 10.00. The first-order chi connectivity index (χ1) is 8.16. The summed E-state index contributed by atoms with van der Waals surface area (Å²) in [6.07, 6.45) is -0.718. The molecule has 0 saturated heterocycles. The Labute approximate surface area is 109 Å². The molecule has 0 radical (unpaired) electrons. The van der Waals surface area contributed by atoms with Crippen LogP contribution in [0.3, 0.4) is 0 Å². The lowest BCUT2D eigenvalue weighted by molar-refractivity contribution is -0.153. The highest BCUT2D eigenvalue weighted by atomic mass is 16.6. The van der Waals surface area contributed by atoms with Crippen LogP contribution < -0.4 is 0 Å². The minimum Gasteiger partial charge on any atom is -0.459 e. The molecule has 0 aliphatic carbocycles. The molecule has 0 rings (SSSR count). The van der Waals surface area contributed by atoms with Crippen LogP contribution in [0.25, 0.3) is 0 Å². The van der Waals surface area contributed by atoms with Gasteiger partial charge in [-0.1, -0.05) is 20.1 Å². The molecule has 0 N–H and O–H groups in total. The fourth-order valence-electron chi connectivity index (χ4n) is 1.14. The van der Waals surface area contributed by atoms with Gasteiger partial charge in [0.25, 0.3) is 0 Å². The molecule has 18 heavy (non-hydrogen) atoms. The molecule has 0 bridgehead atoms. The maximum absolute atomic E-state index is 11.4. The fraction of sp³-hybridized carbons (Fsp3) is 0.571. The van der Waals surface area contributed by atoms with E-state index in [4.69, 9.17) is 9.47 Å². The minimum absolute atomic E-state index is 0.114. The number of carbonyl (C=O) groups excluding carboxylic acids is 2. The van der Waals surface area contributed by atoms with Crippen molar-refractivity contribution in [3.8, 4) is 0 Å². The summed E-state index contributed by atoms with van der Waals surface area (Å²) in [6, 6.07) is 0. The maximum atomic E-state index is 11.4. The molecular weight excluding hydrogens is 232 g/mol. The summed E-state index contributed by atoms with van der Waals surface area (Å²) in [5.41, 5.74) is 0.696. The quantitative estimate of drug-likeness (QED) is 0.540. The minimum atomic E-state index is -0.437. The van der Waals surface area contributed by atoms with E-state index in [0.29, 0.717) is 11.1 Å². The van der Waals surface area contributed by atoms with E-state index in [0.717, 1.165) is 0 Å². The second-order valence-corrected chi connectivity index (χ2v) is 4.64. The zero-order valence-electron chi connectivity index (χ0n) is 11.8. The number of ether oxygens (including phenoxy) is 2. The molecule has 102 valence electrons. The second-order valence-electron chi connectivity index (χ2n) is 4.64. The van der Waals surface area contributed by atoms with Gasteiger partial charge in [-0.05, 0) is 27.7 Å². The normalized spacial score (nSPS) is 15.2. The van der Waals surface area contributed by atoms with E-state index in [1.165, 1.54) is 0 Å². The number of hydrogen-bond donors (Lipinski definition) is 0. The van der Waals surface area contributed by atoms with Gasteiger partial charge in [0.2, 0.25) is 0 Å². The Kier molecular flexibility index (Phi) is 6.37. The van der Waals surface area contributed by atoms with Gasteiger partial charge in [-0.15, -0.1) is 0 Å². The van der Waals surface area contributed by atoms with Gasteiger partial charge in [0.1, 0.15) is 12.2 Å². The summed E-state index contributed by atoms with van der Waals surface area (Å²) in [5.74, 6) is -0.989. The van der Waals surface area contributed by atoms with Gasteiger partial charge >= 0.3 is 11.9 Å². The van der Waals surface area contributed by atoms with Crippen LogP contribution in [-0.2, 0) is 19.1 Å². The third-order valence-electron chi connectivity index (χ3n) is 2.76. The first-order valence-corrected chi connectivity index (χ1v) is 5.89. The van der Waals surface area contributed by atoms with Gasteiger partial charge in [-0.3, -0.25) is 0 Å². The SMILES string of the molecule is C=C(C)C(=O)OC(C)C(C)C(C)OC(=O)C(=C)C. The second kappa shape index (κ2) is 6.99. The molecule has 0 heterocycles. The predicted molar refractivity (Wildman–Crippen MR) is 69.9 cm³/mol. The van der Waals surface area contributed by atoms with Crippen molar-refractivity contribution in [3.63, 3.8) is 0 Å². The summed E-state index contributed by atoms with van der Waals surface area (Å²) < 4.78 is 10.4. The molecule has 0 amide bonds. The highest BCUT2D eigenvalue weighted by Gasteiger charge is 2.25. The molecule has 0 aliphatic rings. The lowest BCUT2D eigenvalue weighted by Gasteiger charge is -2.26. The number of hydrogen-bond acceptors (Lipinski definition) is 4. The molecule has 4 nitrogen and oxygen atoms in total. The van der Waals surface area contributed by atoms with Crippen molar-refractivity contribution in [2.45, 2.75) is 46.8 Å². The number of esters is 2. The molecule has 0 aromatic rings. The first-order valence-electron chi connectivity index (χ1n) is 5.89. The maximum Gasteiger partial charge on any atom is 0.333 e. The van der Waals surface area contributed by atoms with Crippen LogP contribution in [0.1, 0.15) is 34.6 Å². The third kappa shape index (κ3) is 5.17. The molecule has 0 aromatic carbocycles. The van der Waals surface area contributed by atoms with Gasteiger partial charge in [-0.25, -0.2) is 9.59 Å². The standard InChI is InChI=1S/C14H22O4/c1-8(2)13(15)17-11(6)10(5)12(7)18-14(16)9(3)4/h10-12H,1,3H2,2,4-7H3. The van der Waals surface area contributed by atoms with Crippen molar-refractivity contribution in [1.82, 2.24) is 0 Å². The lowest BCUT2D eigenvalue weighted by Crippen LogP contribution is -2.33. The van der Waals surface area contributed by atoms with E-state index in [1.54, 1.807) is 27.7 Å². The first kappa shape index (κ1) is 16.4. The van der Waals surface area contributed by atoms with E-state index in [2.05, 4.69) is 13.2 Å². The topological polar surface area (TPSA) is 52.6 Å². The van der Waals surface area contributed by atoms with Gasteiger partial charge in [0.05, 0.1) is 0 Å². The van der Waals surface area contributed by atoms with Crippen molar-refractivity contribution in [2.24, 2.45) is 5.92 Å². The molecule has 0 saturated carbocycles. The third-order valence-corrected chi connectivity index (χ3v) is 2.76. The zero-order valence-corrected chi connectivity index (χ0v) is 11.8. The van der Waals surface area contributed by atoms with Crippen LogP contribution in [0, 0.1) is 5.92 Å². The molecule has 0 aliphatic heterocycles. The van der Waals surface area contributed by atoms with E-state index >= 15 is 0 Å². The van der Waals surface area contributed by atoms with E-state index < -0.39 is 11.9 Å². The van der Waals surface area contributed by atoms with Crippen LogP contribution >= 0.6 is 0 Å². The highest BCUT2D eigenvalue weighted by molar-refractivity contribution is 5.87. The average Bonchev–Trinajstić information content (AvgIpc) is 2.27. The van der Waals surface area contributed by atoms with Gasteiger partial charge < -0.3 is 9.47 Å². The van der Waals surface area contributed by atoms with E-state index in [1.807, 2.05) is 6.92 Å². The van der Waals surface area contributed by atoms with Crippen LogP contribution in [0.2, 0.25) is 0 Å². The average molecular weight is 254 g/mol. The van der Waals surface area contributed by atoms with Gasteiger partial charge in [0.15, 0.2) is 0 Å².